The summed E-state index contributed by atoms with van der Waals surface area (Å²) < 4.78 is 28.9. The van der Waals surface area contributed by atoms with Crippen molar-refractivity contribution in [2.45, 2.75) is 32.0 Å². The Hall–Kier alpha value is -2.09. The van der Waals surface area contributed by atoms with Crippen molar-refractivity contribution in [2.24, 2.45) is 5.92 Å². The average Bonchev–Trinajstić information content (AvgIpc) is 3.27. The van der Waals surface area contributed by atoms with Crippen molar-refractivity contribution in [3.05, 3.63) is 29.1 Å². The molecule has 1 heterocycles. The highest BCUT2D eigenvalue weighted by Gasteiger charge is 2.54. The quantitative estimate of drug-likeness (QED) is 0.518. The molecule has 2 aliphatic rings. The van der Waals surface area contributed by atoms with Crippen LogP contribution in [0.3, 0.4) is 0 Å². The zero-order valence-corrected chi connectivity index (χ0v) is 12.7. The van der Waals surface area contributed by atoms with Gasteiger partial charge in [-0.1, -0.05) is 19.9 Å². The molecule has 0 saturated heterocycles. The SMILES string of the molecule is CC(C)C(=O)OCOC(=O)c1c(F)ccc2c1OB(O)C1CC21. The van der Waals surface area contributed by atoms with Crippen LogP contribution < -0.4 is 4.65 Å². The van der Waals surface area contributed by atoms with E-state index in [1.807, 2.05) is 0 Å². The second kappa shape index (κ2) is 5.84. The van der Waals surface area contributed by atoms with E-state index in [0.29, 0.717) is 5.56 Å². The molecule has 1 aliphatic heterocycles. The molecule has 0 bridgehead atoms. The molecule has 0 amide bonds. The molecule has 6 nitrogen and oxygen atoms in total. The topological polar surface area (TPSA) is 82.1 Å². The van der Waals surface area contributed by atoms with E-state index in [0.717, 1.165) is 6.42 Å². The number of halogens is 1. The van der Waals surface area contributed by atoms with E-state index in [1.54, 1.807) is 19.9 Å². The molecule has 0 spiro atoms. The molecule has 1 saturated carbocycles. The maximum Gasteiger partial charge on any atom is 0.526 e. The number of carbonyl (C=O) groups excluding carboxylic acids is 2. The van der Waals surface area contributed by atoms with Crippen LogP contribution >= 0.6 is 0 Å². The van der Waals surface area contributed by atoms with E-state index >= 15 is 0 Å². The lowest BCUT2D eigenvalue weighted by Crippen LogP contribution is -2.28. The smallest absolute Gasteiger partial charge is 0.526 e. The number of benzene rings is 1. The third kappa shape index (κ3) is 2.90. The fraction of sp³-hybridized carbons (Fsp3) is 0.467. The highest BCUT2D eigenvalue weighted by atomic mass is 19.1. The highest BCUT2D eigenvalue weighted by Crippen LogP contribution is 2.60. The molecule has 23 heavy (non-hydrogen) atoms. The number of carbonyl (C=O) groups is 2. The second-order valence-electron chi connectivity index (χ2n) is 6.02. The molecule has 1 aromatic carbocycles. The van der Waals surface area contributed by atoms with Crippen LogP contribution in [0.5, 0.6) is 5.75 Å². The summed E-state index contributed by atoms with van der Waals surface area (Å²) in [5, 5.41) is 9.81. The van der Waals surface area contributed by atoms with Crippen molar-refractivity contribution >= 4 is 19.1 Å². The number of hydrogen-bond acceptors (Lipinski definition) is 6. The number of hydrogen-bond donors (Lipinski definition) is 1. The first-order chi connectivity index (χ1) is 10.9. The van der Waals surface area contributed by atoms with Crippen molar-refractivity contribution in [3.8, 4) is 5.75 Å². The van der Waals surface area contributed by atoms with Gasteiger partial charge in [0, 0.05) is 5.82 Å². The summed E-state index contributed by atoms with van der Waals surface area (Å²) >= 11 is 0. The van der Waals surface area contributed by atoms with Gasteiger partial charge in [-0.25, -0.2) is 9.18 Å². The molecular formula is C15H16BFO6. The minimum Gasteiger partial charge on any atom is -0.535 e. The van der Waals surface area contributed by atoms with Crippen LogP contribution in [0.15, 0.2) is 12.1 Å². The highest BCUT2D eigenvalue weighted by molar-refractivity contribution is 6.48. The molecule has 122 valence electrons. The monoisotopic (exact) mass is 322 g/mol. The number of esters is 2. The van der Waals surface area contributed by atoms with Gasteiger partial charge in [-0.15, -0.1) is 0 Å². The van der Waals surface area contributed by atoms with E-state index < -0.39 is 31.7 Å². The lowest BCUT2D eigenvalue weighted by Gasteiger charge is -2.21. The first kappa shape index (κ1) is 15.8. The predicted octanol–water partition coefficient (Wildman–Crippen LogP) is 1.87. The van der Waals surface area contributed by atoms with E-state index in [1.165, 1.54) is 6.07 Å². The van der Waals surface area contributed by atoms with Crippen LogP contribution in [-0.2, 0) is 14.3 Å². The van der Waals surface area contributed by atoms with Gasteiger partial charge in [0.25, 0.3) is 0 Å². The minimum absolute atomic E-state index is 0.0103. The Balaban J connectivity index is 1.76. The first-order valence-corrected chi connectivity index (χ1v) is 7.41. The zero-order chi connectivity index (χ0) is 16.7. The molecule has 2 atom stereocenters. The largest absolute Gasteiger partial charge is 0.535 e. The Labute approximate surface area is 132 Å². The third-order valence-corrected chi connectivity index (χ3v) is 4.05. The standard InChI is InChI=1S/C15H16BFO6/c1-7(2)14(18)21-6-22-15(19)12-11(17)4-3-8-9-5-10(9)16(20)23-13(8)12/h3-4,7,9-10,20H,5-6H2,1-2H3. The summed E-state index contributed by atoms with van der Waals surface area (Å²) in [6.07, 6.45) is 0.736. The van der Waals surface area contributed by atoms with E-state index in [4.69, 9.17) is 14.1 Å². The second-order valence-corrected chi connectivity index (χ2v) is 6.02. The van der Waals surface area contributed by atoms with Crippen LogP contribution in [0.4, 0.5) is 4.39 Å². The van der Waals surface area contributed by atoms with Crippen molar-refractivity contribution in [2.75, 3.05) is 6.79 Å². The Morgan fingerprint density at radius 3 is 2.87 bits per heavy atom. The van der Waals surface area contributed by atoms with Gasteiger partial charge in [0.2, 0.25) is 6.79 Å². The minimum atomic E-state index is -1.06. The molecule has 1 aromatic rings. The van der Waals surface area contributed by atoms with Crippen LogP contribution in [0, 0.1) is 11.7 Å². The summed E-state index contributed by atoms with van der Waals surface area (Å²) in [4.78, 5) is 23.4. The molecule has 1 aliphatic carbocycles. The zero-order valence-electron chi connectivity index (χ0n) is 12.7. The van der Waals surface area contributed by atoms with Gasteiger partial charge in [-0.05, 0) is 24.0 Å². The molecule has 1 fully saturated rings. The summed E-state index contributed by atoms with van der Waals surface area (Å²) in [5.74, 6) is -2.63. The predicted molar refractivity (Wildman–Crippen MR) is 77.3 cm³/mol. The fourth-order valence-electron chi connectivity index (χ4n) is 2.66. The summed E-state index contributed by atoms with van der Waals surface area (Å²) in [6, 6.07) is 2.72. The molecule has 1 N–H and O–H groups in total. The number of rotatable bonds is 4. The maximum atomic E-state index is 14.0. The van der Waals surface area contributed by atoms with Crippen molar-refractivity contribution in [1.82, 2.24) is 0 Å². The summed E-state index contributed by atoms with van der Waals surface area (Å²) in [6.45, 7) is 2.67. The first-order valence-electron chi connectivity index (χ1n) is 7.41. The fourth-order valence-corrected chi connectivity index (χ4v) is 2.66. The Morgan fingerprint density at radius 1 is 1.43 bits per heavy atom. The van der Waals surface area contributed by atoms with Crippen molar-refractivity contribution in [1.29, 1.82) is 0 Å². The number of fused-ring (bicyclic) bond motifs is 3. The molecular weight excluding hydrogens is 306 g/mol. The van der Waals surface area contributed by atoms with Gasteiger partial charge in [0.1, 0.15) is 17.1 Å². The van der Waals surface area contributed by atoms with E-state index in [2.05, 4.69) is 0 Å². The van der Waals surface area contributed by atoms with Crippen molar-refractivity contribution < 1.29 is 33.1 Å². The Bertz CT molecular complexity index is 662. The lowest BCUT2D eigenvalue weighted by atomic mass is 9.77. The maximum absolute atomic E-state index is 14.0. The normalized spacial score (nSPS) is 21.2. The summed E-state index contributed by atoms with van der Waals surface area (Å²) in [7, 11) is -1.06. The third-order valence-electron chi connectivity index (χ3n) is 4.05. The summed E-state index contributed by atoms with van der Waals surface area (Å²) in [5.41, 5.74) is 0.306. The molecule has 8 heteroatoms. The van der Waals surface area contributed by atoms with Crippen LogP contribution in [0.25, 0.3) is 0 Å². The Morgan fingerprint density at radius 2 is 2.17 bits per heavy atom. The van der Waals surface area contributed by atoms with Gasteiger partial charge in [-0.2, -0.15) is 0 Å². The average molecular weight is 322 g/mol. The van der Waals surface area contributed by atoms with Crippen LogP contribution in [0.1, 0.15) is 42.1 Å². The molecule has 0 aromatic heterocycles. The Kier molecular flexibility index (Phi) is 4.01. The van der Waals surface area contributed by atoms with Crippen LogP contribution in [0.2, 0.25) is 5.82 Å². The number of ether oxygens (including phenoxy) is 2. The molecule has 3 rings (SSSR count). The molecule has 2 unspecified atom stereocenters. The van der Waals surface area contributed by atoms with Crippen molar-refractivity contribution in [3.63, 3.8) is 0 Å². The van der Waals surface area contributed by atoms with Gasteiger partial charge < -0.3 is 19.2 Å². The lowest BCUT2D eigenvalue weighted by molar-refractivity contribution is -0.155. The van der Waals surface area contributed by atoms with Gasteiger partial charge in [-0.3, -0.25) is 4.79 Å². The van der Waals surface area contributed by atoms with Gasteiger partial charge >= 0.3 is 19.1 Å². The van der Waals surface area contributed by atoms with Gasteiger partial charge in [0.05, 0.1) is 5.92 Å². The van der Waals surface area contributed by atoms with E-state index in [-0.39, 0.29) is 29.0 Å². The van der Waals surface area contributed by atoms with E-state index in [9.17, 15) is 19.0 Å². The van der Waals surface area contributed by atoms with Gasteiger partial charge in [0.15, 0.2) is 0 Å². The van der Waals surface area contributed by atoms with Crippen LogP contribution in [-0.4, -0.2) is 30.9 Å². The molecule has 0 radical (unpaired) electrons.